The monoisotopic (exact) mass is 415 g/mol. The first-order chi connectivity index (χ1) is 13.7. The zero-order chi connectivity index (χ0) is 21.2. The third-order valence-electron chi connectivity index (χ3n) is 4.58. The number of carbonyl (C=O) groups excluding carboxylic acids is 1. The number of H-pyrrole nitrogens is 1. The lowest BCUT2D eigenvalue weighted by Crippen LogP contribution is -2.42. The SMILES string of the molecule is CN(C)S(=O)(=O)c1cccc(C(=O)NC(Cc2c[nH]c3ccccc23)C(=O)O)c1. The molecule has 1 heterocycles. The van der Waals surface area contributed by atoms with Crippen LogP contribution in [0, 0.1) is 0 Å². The number of hydrogen-bond acceptors (Lipinski definition) is 4. The number of rotatable bonds is 7. The van der Waals surface area contributed by atoms with E-state index in [1.165, 1.54) is 38.4 Å². The van der Waals surface area contributed by atoms with Gasteiger partial charge in [-0.1, -0.05) is 24.3 Å². The predicted molar refractivity (Wildman–Crippen MR) is 108 cm³/mol. The van der Waals surface area contributed by atoms with Gasteiger partial charge in [0.05, 0.1) is 4.90 Å². The van der Waals surface area contributed by atoms with Crippen molar-refractivity contribution in [3.05, 3.63) is 65.9 Å². The summed E-state index contributed by atoms with van der Waals surface area (Å²) >= 11 is 0. The number of benzene rings is 2. The molecule has 0 spiro atoms. The molecule has 1 atom stereocenters. The maximum absolute atomic E-state index is 12.6. The van der Waals surface area contributed by atoms with Crippen molar-refractivity contribution >= 4 is 32.8 Å². The van der Waals surface area contributed by atoms with Gasteiger partial charge in [-0.2, -0.15) is 0 Å². The number of sulfonamides is 1. The van der Waals surface area contributed by atoms with E-state index in [-0.39, 0.29) is 16.9 Å². The van der Waals surface area contributed by atoms with Crippen molar-refractivity contribution in [2.45, 2.75) is 17.4 Å². The molecule has 0 fully saturated rings. The van der Waals surface area contributed by atoms with Crippen LogP contribution in [0.3, 0.4) is 0 Å². The smallest absolute Gasteiger partial charge is 0.326 e. The van der Waals surface area contributed by atoms with Gasteiger partial charge in [-0.3, -0.25) is 4.79 Å². The Morgan fingerprint density at radius 3 is 2.55 bits per heavy atom. The summed E-state index contributed by atoms with van der Waals surface area (Å²) in [5, 5.41) is 12.9. The van der Waals surface area contributed by atoms with E-state index in [1.54, 1.807) is 6.20 Å². The fourth-order valence-corrected chi connectivity index (χ4v) is 3.92. The van der Waals surface area contributed by atoms with Crippen LogP contribution in [0.25, 0.3) is 10.9 Å². The molecule has 0 aliphatic heterocycles. The van der Waals surface area contributed by atoms with Crippen LogP contribution in [-0.4, -0.2) is 54.8 Å². The second-order valence-electron chi connectivity index (χ2n) is 6.74. The van der Waals surface area contributed by atoms with Crippen molar-refractivity contribution in [1.29, 1.82) is 0 Å². The summed E-state index contributed by atoms with van der Waals surface area (Å²) in [4.78, 5) is 27.4. The normalized spacial score (nSPS) is 12.8. The van der Waals surface area contributed by atoms with Gasteiger partial charge in [0.2, 0.25) is 10.0 Å². The maximum atomic E-state index is 12.6. The van der Waals surface area contributed by atoms with E-state index in [2.05, 4.69) is 10.3 Å². The number of nitrogens with one attached hydrogen (secondary N) is 2. The highest BCUT2D eigenvalue weighted by molar-refractivity contribution is 7.89. The third kappa shape index (κ3) is 4.30. The van der Waals surface area contributed by atoms with Crippen LogP contribution >= 0.6 is 0 Å². The quantitative estimate of drug-likeness (QED) is 0.544. The van der Waals surface area contributed by atoms with Crippen molar-refractivity contribution in [3.8, 4) is 0 Å². The number of carbonyl (C=O) groups is 2. The number of aromatic amines is 1. The van der Waals surface area contributed by atoms with Crippen LogP contribution in [0.4, 0.5) is 0 Å². The topological polar surface area (TPSA) is 120 Å². The lowest BCUT2D eigenvalue weighted by Gasteiger charge is -2.15. The summed E-state index contributed by atoms with van der Waals surface area (Å²) in [7, 11) is -0.925. The minimum absolute atomic E-state index is 0.0429. The number of aromatic nitrogens is 1. The van der Waals surface area contributed by atoms with Gasteiger partial charge in [-0.25, -0.2) is 17.5 Å². The second-order valence-corrected chi connectivity index (χ2v) is 8.90. The van der Waals surface area contributed by atoms with Gasteiger partial charge in [0.1, 0.15) is 6.04 Å². The Hall–Kier alpha value is -3.17. The van der Waals surface area contributed by atoms with Gasteiger partial charge < -0.3 is 15.4 Å². The molecule has 1 aromatic heterocycles. The molecule has 0 radical (unpaired) electrons. The Morgan fingerprint density at radius 1 is 1.14 bits per heavy atom. The van der Waals surface area contributed by atoms with Gasteiger partial charge in [0.15, 0.2) is 0 Å². The molecule has 3 rings (SSSR count). The standard InChI is InChI=1S/C20H21N3O5S/c1-23(2)29(27,28)15-7-5-6-13(10-15)19(24)22-18(20(25)26)11-14-12-21-17-9-4-3-8-16(14)17/h3-10,12,18,21H,11H2,1-2H3,(H,22,24)(H,25,26). The Bertz CT molecular complexity index is 1170. The first-order valence-electron chi connectivity index (χ1n) is 8.81. The van der Waals surface area contributed by atoms with Crippen LogP contribution in [0.1, 0.15) is 15.9 Å². The lowest BCUT2D eigenvalue weighted by molar-refractivity contribution is -0.139. The van der Waals surface area contributed by atoms with Gasteiger partial charge in [-0.15, -0.1) is 0 Å². The molecule has 0 saturated heterocycles. The molecule has 3 aromatic rings. The number of para-hydroxylation sites is 1. The van der Waals surface area contributed by atoms with E-state index >= 15 is 0 Å². The fourth-order valence-electron chi connectivity index (χ4n) is 2.97. The van der Waals surface area contributed by atoms with Gasteiger partial charge in [0.25, 0.3) is 5.91 Å². The molecule has 0 aliphatic carbocycles. The van der Waals surface area contributed by atoms with Gasteiger partial charge >= 0.3 is 5.97 Å². The molecule has 152 valence electrons. The number of carboxylic acid groups (broad SMARTS) is 1. The Balaban J connectivity index is 1.83. The largest absolute Gasteiger partial charge is 0.480 e. The Morgan fingerprint density at radius 2 is 1.86 bits per heavy atom. The van der Waals surface area contributed by atoms with E-state index in [0.717, 1.165) is 20.8 Å². The maximum Gasteiger partial charge on any atom is 0.326 e. The molecule has 0 saturated carbocycles. The first kappa shape index (κ1) is 20.6. The van der Waals surface area contributed by atoms with E-state index in [0.29, 0.717) is 0 Å². The minimum atomic E-state index is -3.71. The van der Waals surface area contributed by atoms with Crippen molar-refractivity contribution in [1.82, 2.24) is 14.6 Å². The second kappa shape index (κ2) is 8.06. The van der Waals surface area contributed by atoms with Crippen LogP contribution in [0.5, 0.6) is 0 Å². The van der Waals surface area contributed by atoms with Crippen molar-refractivity contribution < 1.29 is 23.1 Å². The van der Waals surface area contributed by atoms with E-state index in [9.17, 15) is 23.1 Å². The van der Waals surface area contributed by atoms with Crippen molar-refractivity contribution in [3.63, 3.8) is 0 Å². The first-order valence-corrected chi connectivity index (χ1v) is 10.3. The summed E-state index contributed by atoms with van der Waals surface area (Å²) in [5.41, 5.74) is 1.70. The number of aliphatic carboxylic acids is 1. The highest BCUT2D eigenvalue weighted by Crippen LogP contribution is 2.20. The summed E-state index contributed by atoms with van der Waals surface area (Å²) in [6.45, 7) is 0. The highest BCUT2D eigenvalue weighted by atomic mass is 32.2. The number of nitrogens with zero attached hydrogens (tertiary/aromatic N) is 1. The highest BCUT2D eigenvalue weighted by Gasteiger charge is 2.24. The number of hydrogen-bond donors (Lipinski definition) is 3. The molecular weight excluding hydrogens is 394 g/mol. The molecule has 1 unspecified atom stereocenters. The van der Waals surface area contributed by atoms with E-state index in [4.69, 9.17) is 0 Å². The lowest BCUT2D eigenvalue weighted by atomic mass is 10.0. The number of fused-ring (bicyclic) bond motifs is 1. The molecule has 3 N–H and O–H groups in total. The Kier molecular flexibility index (Phi) is 5.71. The molecule has 9 heteroatoms. The third-order valence-corrected chi connectivity index (χ3v) is 6.39. The van der Waals surface area contributed by atoms with Crippen molar-refractivity contribution in [2.24, 2.45) is 0 Å². The van der Waals surface area contributed by atoms with E-state index < -0.39 is 27.9 Å². The molecule has 2 aromatic carbocycles. The molecular formula is C20H21N3O5S. The van der Waals surface area contributed by atoms with Crippen LogP contribution in [-0.2, 0) is 21.2 Å². The summed E-state index contributed by atoms with van der Waals surface area (Å²) in [5.74, 6) is -1.84. The minimum Gasteiger partial charge on any atom is -0.480 e. The molecule has 0 bridgehead atoms. The average molecular weight is 415 g/mol. The summed E-state index contributed by atoms with van der Waals surface area (Å²) in [6.07, 6.45) is 1.80. The zero-order valence-corrected chi connectivity index (χ0v) is 16.7. The van der Waals surface area contributed by atoms with Crippen LogP contribution in [0.15, 0.2) is 59.6 Å². The van der Waals surface area contributed by atoms with Crippen molar-refractivity contribution in [2.75, 3.05) is 14.1 Å². The average Bonchev–Trinajstić information content (AvgIpc) is 3.10. The zero-order valence-electron chi connectivity index (χ0n) is 15.9. The summed E-state index contributed by atoms with van der Waals surface area (Å²) in [6, 6.07) is 11.8. The number of carboxylic acids is 1. The van der Waals surface area contributed by atoms with Gasteiger partial charge in [-0.05, 0) is 29.8 Å². The molecule has 0 aliphatic rings. The molecule has 8 nitrogen and oxygen atoms in total. The van der Waals surface area contributed by atoms with E-state index in [1.807, 2.05) is 24.3 Å². The molecule has 29 heavy (non-hydrogen) atoms. The van der Waals surface area contributed by atoms with Crippen LogP contribution < -0.4 is 5.32 Å². The van der Waals surface area contributed by atoms with Gasteiger partial charge in [0, 0.05) is 43.2 Å². The molecule has 1 amide bonds. The fraction of sp³-hybridized carbons (Fsp3) is 0.200. The number of amides is 1. The predicted octanol–water partition coefficient (Wildman–Crippen LogP) is 1.84. The Labute approximate surface area is 168 Å². The van der Waals surface area contributed by atoms with Crippen LogP contribution in [0.2, 0.25) is 0 Å². The summed E-state index contributed by atoms with van der Waals surface area (Å²) < 4.78 is 25.6.